The summed E-state index contributed by atoms with van der Waals surface area (Å²) in [7, 11) is 0. The smallest absolute Gasteiger partial charge is 0.335 e. The Bertz CT molecular complexity index is 1440. The van der Waals surface area contributed by atoms with Crippen LogP contribution in [-0.2, 0) is 21.0 Å². The predicted molar refractivity (Wildman–Crippen MR) is 151 cm³/mol. The van der Waals surface area contributed by atoms with E-state index in [0.717, 1.165) is 10.5 Å². The number of urea groups is 1. The van der Waals surface area contributed by atoms with Crippen molar-refractivity contribution in [2.75, 3.05) is 18.1 Å². The second kappa shape index (κ2) is 12.4. The Hall–Kier alpha value is -4.39. The van der Waals surface area contributed by atoms with E-state index in [1.165, 1.54) is 6.08 Å². The molecule has 0 radical (unpaired) electrons. The molecule has 0 spiro atoms. The molecule has 3 aromatic carbocycles. The normalized spacial score (nSPS) is 14.3. The van der Waals surface area contributed by atoms with Crippen LogP contribution in [-0.4, -0.2) is 37.0 Å². The van der Waals surface area contributed by atoms with Gasteiger partial charge < -0.3 is 19.9 Å². The zero-order valence-corrected chi connectivity index (χ0v) is 23.0. The molecule has 0 unspecified atom stereocenters. The number of benzene rings is 3. The number of carbonyl (C=O) groups excluding carboxylic acids is 4. The summed E-state index contributed by atoms with van der Waals surface area (Å²) in [5.74, 6) is -1.10. The maximum atomic E-state index is 13.3. The van der Waals surface area contributed by atoms with E-state index in [2.05, 4.69) is 5.32 Å². The standard InChI is InChI=1S/C28H24IN3O7/c1-2-37-23-14-18(13-22(29)25(23)39-16-24(30)33)12-21-26(34)31-28(36)32(27(21)35)19-8-10-20(11-9-19)38-15-17-6-4-3-5-7-17/h3-14H,2,15-16H2,1H3,(H2,30,33)(H,31,34,36)/b21-12+. The van der Waals surface area contributed by atoms with Crippen LogP contribution in [0.4, 0.5) is 10.5 Å². The van der Waals surface area contributed by atoms with Crippen LogP contribution in [0.15, 0.2) is 72.3 Å². The van der Waals surface area contributed by atoms with E-state index in [9.17, 15) is 19.2 Å². The van der Waals surface area contributed by atoms with Gasteiger partial charge in [-0.2, -0.15) is 0 Å². The van der Waals surface area contributed by atoms with Gasteiger partial charge in [-0.15, -0.1) is 0 Å². The molecular formula is C28H24IN3O7. The number of ether oxygens (including phenoxy) is 3. The number of nitrogens with two attached hydrogens (primary N) is 1. The van der Waals surface area contributed by atoms with Crippen LogP contribution in [0.2, 0.25) is 0 Å². The third-order valence-electron chi connectivity index (χ3n) is 5.45. The fourth-order valence-corrected chi connectivity index (χ4v) is 4.49. The first kappa shape index (κ1) is 27.6. The number of rotatable bonds is 10. The van der Waals surface area contributed by atoms with Gasteiger partial charge in [-0.25, -0.2) is 9.69 Å². The molecule has 200 valence electrons. The van der Waals surface area contributed by atoms with Gasteiger partial charge in [-0.1, -0.05) is 30.3 Å². The highest BCUT2D eigenvalue weighted by Gasteiger charge is 2.37. The molecule has 0 atom stereocenters. The molecule has 1 fully saturated rings. The zero-order chi connectivity index (χ0) is 27.9. The first-order valence-electron chi connectivity index (χ1n) is 11.8. The fraction of sp³-hybridized carbons (Fsp3) is 0.143. The van der Waals surface area contributed by atoms with Gasteiger partial charge in [0.15, 0.2) is 18.1 Å². The van der Waals surface area contributed by atoms with E-state index in [0.29, 0.717) is 39.6 Å². The van der Waals surface area contributed by atoms with Crippen LogP contribution in [0.3, 0.4) is 0 Å². The van der Waals surface area contributed by atoms with Crippen LogP contribution in [0, 0.1) is 3.57 Å². The minimum atomic E-state index is -0.861. The highest BCUT2D eigenvalue weighted by atomic mass is 127. The number of carbonyl (C=O) groups is 4. The van der Waals surface area contributed by atoms with Crippen LogP contribution in [0.5, 0.6) is 17.2 Å². The summed E-state index contributed by atoms with van der Waals surface area (Å²) in [5.41, 5.74) is 6.65. The largest absolute Gasteiger partial charge is 0.490 e. The molecule has 1 aliphatic heterocycles. The molecule has 3 N–H and O–H groups in total. The molecule has 10 nitrogen and oxygen atoms in total. The topological polar surface area (TPSA) is 137 Å². The number of nitrogens with zero attached hydrogens (tertiary/aromatic N) is 1. The molecule has 0 saturated carbocycles. The summed E-state index contributed by atoms with van der Waals surface area (Å²) in [5, 5.41) is 2.21. The van der Waals surface area contributed by atoms with Gasteiger partial charge >= 0.3 is 6.03 Å². The lowest BCUT2D eigenvalue weighted by molar-refractivity contribution is -0.123. The summed E-state index contributed by atoms with van der Waals surface area (Å²) in [6.07, 6.45) is 1.36. The number of nitrogens with one attached hydrogen (secondary N) is 1. The molecule has 11 heteroatoms. The Morgan fingerprint density at radius 1 is 1.00 bits per heavy atom. The molecule has 4 rings (SSSR count). The molecular weight excluding hydrogens is 617 g/mol. The average molecular weight is 641 g/mol. The van der Waals surface area contributed by atoms with Gasteiger partial charge in [-0.05, 0) is 83.1 Å². The summed E-state index contributed by atoms with van der Waals surface area (Å²) in [6, 6.07) is 18.4. The van der Waals surface area contributed by atoms with E-state index in [4.69, 9.17) is 19.9 Å². The van der Waals surface area contributed by atoms with Crippen molar-refractivity contribution in [3.63, 3.8) is 0 Å². The number of hydrogen-bond donors (Lipinski definition) is 2. The van der Waals surface area contributed by atoms with E-state index >= 15 is 0 Å². The summed E-state index contributed by atoms with van der Waals surface area (Å²) in [4.78, 5) is 50.6. The summed E-state index contributed by atoms with van der Waals surface area (Å²) in [6.45, 7) is 2.09. The van der Waals surface area contributed by atoms with Gasteiger partial charge in [0.1, 0.15) is 17.9 Å². The van der Waals surface area contributed by atoms with Crippen molar-refractivity contribution in [3.05, 3.63) is 87.0 Å². The fourth-order valence-electron chi connectivity index (χ4n) is 3.71. The summed E-state index contributed by atoms with van der Waals surface area (Å²) < 4.78 is 17.4. The van der Waals surface area contributed by atoms with Gasteiger partial charge in [0.25, 0.3) is 17.7 Å². The zero-order valence-electron chi connectivity index (χ0n) is 20.8. The lowest BCUT2D eigenvalue weighted by Gasteiger charge is -2.26. The Morgan fingerprint density at radius 2 is 1.72 bits per heavy atom. The lowest BCUT2D eigenvalue weighted by Crippen LogP contribution is -2.54. The Morgan fingerprint density at radius 3 is 2.38 bits per heavy atom. The highest BCUT2D eigenvalue weighted by molar-refractivity contribution is 14.1. The number of barbiturate groups is 1. The molecule has 39 heavy (non-hydrogen) atoms. The van der Waals surface area contributed by atoms with E-state index in [1.54, 1.807) is 43.3 Å². The van der Waals surface area contributed by atoms with E-state index in [-0.39, 0.29) is 17.9 Å². The third-order valence-corrected chi connectivity index (χ3v) is 6.25. The van der Waals surface area contributed by atoms with Gasteiger partial charge in [0.05, 0.1) is 15.9 Å². The first-order valence-corrected chi connectivity index (χ1v) is 12.9. The second-order valence-corrected chi connectivity index (χ2v) is 9.41. The van der Waals surface area contributed by atoms with Crippen molar-refractivity contribution >= 4 is 58.1 Å². The van der Waals surface area contributed by atoms with Crippen molar-refractivity contribution in [2.24, 2.45) is 5.73 Å². The predicted octanol–water partition coefficient (Wildman–Crippen LogP) is 3.80. The Kier molecular flexibility index (Phi) is 8.81. The van der Waals surface area contributed by atoms with Gasteiger partial charge in [0.2, 0.25) is 0 Å². The minimum Gasteiger partial charge on any atom is -0.490 e. The highest BCUT2D eigenvalue weighted by Crippen LogP contribution is 2.35. The van der Waals surface area contributed by atoms with Crippen molar-refractivity contribution in [1.82, 2.24) is 5.32 Å². The van der Waals surface area contributed by atoms with Crippen LogP contribution in [0.1, 0.15) is 18.1 Å². The molecule has 0 aromatic heterocycles. The van der Waals surface area contributed by atoms with Gasteiger partial charge in [0, 0.05) is 0 Å². The van der Waals surface area contributed by atoms with Crippen molar-refractivity contribution < 1.29 is 33.4 Å². The Balaban J connectivity index is 1.57. The maximum Gasteiger partial charge on any atom is 0.335 e. The van der Waals surface area contributed by atoms with E-state index in [1.807, 2.05) is 52.9 Å². The number of primary amides is 1. The lowest BCUT2D eigenvalue weighted by atomic mass is 10.1. The Labute approximate surface area is 237 Å². The average Bonchev–Trinajstić information content (AvgIpc) is 2.90. The van der Waals surface area contributed by atoms with Gasteiger partial charge in [-0.3, -0.25) is 19.7 Å². The third kappa shape index (κ3) is 6.74. The molecule has 1 aliphatic rings. The quantitative estimate of drug-likeness (QED) is 0.195. The number of hydrogen-bond acceptors (Lipinski definition) is 7. The monoisotopic (exact) mass is 641 g/mol. The molecule has 0 aliphatic carbocycles. The number of anilines is 1. The molecule has 5 amide bonds. The number of halogens is 1. The van der Waals surface area contributed by atoms with Crippen molar-refractivity contribution in [3.8, 4) is 17.2 Å². The van der Waals surface area contributed by atoms with Crippen molar-refractivity contribution in [2.45, 2.75) is 13.5 Å². The molecule has 3 aromatic rings. The van der Waals surface area contributed by atoms with E-state index < -0.39 is 23.8 Å². The minimum absolute atomic E-state index is 0.247. The van der Waals surface area contributed by atoms with Crippen LogP contribution < -0.4 is 30.2 Å². The summed E-state index contributed by atoms with van der Waals surface area (Å²) >= 11 is 1.98. The first-order chi connectivity index (χ1) is 18.8. The number of amides is 5. The van der Waals surface area contributed by atoms with Crippen molar-refractivity contribution in [1.29, 1.82) is 0 Å². The second-order valence-electron chi connectivity index (χ2n) is 8.24. The molecule has 1 saturated heterocycles. The molecule has 1 heterocycles. The molecule has 0 bridgehead atoms. The number of imide groups is 2. The SMILES string of the molecule is CCOc1cc(/C=C2\C(=O)NC(=O)N(c3ccc(OCc4ccccc4)cc3)C2=O)cc(I)c1OCC(N)=O. The van der Waals surface area contributed by atoms with Crippen LogP contribution in [0.25, 0.3) is 6.08 Å². The van der Waals surface area contributed by atoms with Crippen LogP contribution >= 0.6 is 22.6 Å². The maximum absolute atomic E-state index is 13.3.